The molecule has 0 aliphatic carbocycles. The van der Waals surface area contributed by atoms with E-state index in [0.717, 1.165) is 11.1 Å². The van der Waals surface area contributed by atoms with Gasteiger partial charge in [-0.2, -0.15) is 0 Å². The largest absolute Gasteiger partial charge is 0.508 e. The van der Waals surface area contributed by atoms with Gasteiger partial charge in [-0.3, -0.25) is 14.4 Å². The lowest BCUT2D eigenvalue weighted by Crippen LogP contribution is -2.70. The Labute approximate surface area is 389 Å². The van der Waals surface area contributed by atoms with Gasteiger partial charge in [0.05, 0.1) is 17.4 Å². The summed E-state index contributed by atoms with van der Waals surface area (Å²) in [5.74, 6) is -2.64. The Kier molecular flexibility index (Phi) is 14.6. The molecule has 0 unspecified atom stereocenters. The molecule has 3 aliphatic rings. The number of carbonyl (C=O) groups excluding carboxylic acids is 4. The number of aliphatic hydroxyl groups is 1. The number of phenols is 1. The number of nitrogens with one attached hydrogen (secondary N) is 2. The van der Waals surface area contributed by atoms with Gasteiger partial charge in [0.1, 0.15) is 40.6 Å². The van der Waals surface area contributed by atoms with Gasteiger partial charge in [-0.05, 0) is 96.3 Å². The number of fused-ring (bicyclic) bond motifs is 2. The second kappa shape index (κ2) is 19.7. The van der Waals surface area contributed by atoms with Crippen LogP contribution < -0.4 is 26.7 Å². The normalized spacial score (nSPS) is 23.4. The van der Waals surface area contributed by atoms with Crippen molar-refractivity contribution in [1.82, 2.24) is 10.2 Å². The van der Waals surface area contributed by atoms with Gasteiger partial charge in [0.2, 0.25) is 18.1 Å². The van der Waals surface area contributed by atoms with Gasteiger partial charge < -0.3 is 65.1 Å². The minimum atomic E-state index is -1.52. The first-order valence-electron chi connectivity index (χ1n) is 21.1. The van der Waals surface area contributed by atoms with Crippen molar-refractivity contribution in [2.75, 3.05) is 12.4 Å². The molecular formula is C47H54N4O15S. The van der Waals surface area contributed by atoms with Crippen LogP contribution in [0.2, 0.25) is 0 Å². The zero-order valence-corrected chi connectivity index (χ0v) is 38.8. The predicted octanol–water partition coefficient (Wildman–Crippen LogP) is 4.49. The fourth-order valence-electron chi connectivity index (χ4n) is 8.21. The van der Waals surface area contributed by atoms with E-state index in [1.165, 1.54) is 54.1 Å². The van der Waals surface area contributed by atoms with Crippen LogP contribution in [0.25, 0.3) is 11.0 Å². The second-order valence-corrected chi connectivity index (χ2v) is 19.3. The number of nitrogens with zero attached hydrogens (tertiary/aromatic N) is 1. The molecule has 3 fully saturated rings. The molecule has 0 saturated carbocycles. The van der Waals surface area contributed by atoms with E-state index in [0.29, 0.717) is 12.0 Å². The molecule has 3 saturated heterocycles. The standard InChI is InChI=1S/C31H36N2O11.C16H18N2O4S/c1-14(2)7-8-16-13-17(9-11-19(16)34)27(37)33-21-22(35)18-10-12-20(15(3)24(18)42-28(21)38)41-29-23(36)25(43-30(32)39)26(40-6)31(4,5)44-29;1-16(2)12(15(21)22)18-13(20)11(14(18)23-16)17-10(19)8-9-6-4-3-5-7-9/h7,9-13,23,25-26,29,34-36H,8H2,1-6H3,(H2,32,39)(H,33,37);3-7,11-12,14H,8H2,1-2H3,(H,17,19)(H,21,22)/t23-,25+,26-,29-;11-,12+,14-/m11/s1. The first kappa shape index (κ1) is 49.8. The number of carbonyl (C=O) groups is 5. The highest BCUT2D eigenvalue weighted by Gasteiger charge is 2.64. The summed E-state index contributed by atoms with van der Waals surface area (Å²) in [6.07, 6.45) is -3.61. The van der Waals surface area contributed by atoms with Crippen LogP contribution in [0, 0.1) is 6.92 Å². The van der Waals surface area contributed by atoms with Gasteiger partial charge in [-0.25, -0.2) is 14.4 Å². The summed E-state index contributed by atoms with van der Waals surface area (Å²) in [5, 5.41) is 46.4. The zero-order chi connectivity index (χ0) is 49.3. The quantitative estimate of drug-likeness (QED) is 0.0585. The third kappa shape index (κ3) is 10.5. The van der Waals surface area contributed by atoms with E-state index in [2.05, 4.69) is 10.6 Å². The number of carboxylic acids is 1. The van der Waals surface area contributed by atoms with Crippen molar-refractivity contribution < 1.29 is 67.8 Å². The van der Waals surface area contributed by atoms with E-state index in [1.54, 1.807) is 20.8 Å². The summed E-state index contributed by atoms with van der Waals surface area (Å²) in [6.45, 7) is 12.3. The fourth-order valence-corrected chi connectivity index (χ4v) is 9.84. The molecule has 67 heavy (non-hydrogen) atoms. The van der Waals surface area contributed by atoms with Crippen LogP contribution in [-0.4, -0.2) is 115 Å². The number of hydrogen-bond donors (Lipinski definition) is 7. The molecule has 4 aromatic rings. The number of nitrogens with two attached hydrogens (primary N) is 1. The number of aliphatic carboxylic acids is 1. The van der Waals surface area contributed by atoms with E-state index in [9.17, 15) is 49.2 Å². The highest BCUT2D eigenvalue weighted by molar-refractivity contribution is 8.01. The van der Waals surface area contributed by atoms with E-state index in [4.69, 9.17) is 29.1 Å². The van der Waals surface area contributed by atoms with Gasteiger partial charge in [-0.1, -0.05) is 42.0 Å². The lowest BCUT2D eigenvalue weighted by atomic mass is 9.89. The van der Waals surface area contributed by atoms with E-state index in [1.807, 2.05) is 64.1 Å². The lowest BCUT2D eigenvalue weighted by molar-refractivity contribution is -0.304. The van der Waals surface area contributed by atoms with Crippen molar-refractivity contribution in [2.45, 2.75) is 114 Å². The third-order valence-corrected chi connectivity index (χ3v) is 13.1. The highest BCUT2D eigenvalue weighted by Crippen LogP contribution is 2.51. The number of β-lactam (4-membered cyclic amide) rings is 1. The first-order chi connectivity index (χ1) is 31.4. The molecule has 3 aliphatic heterocycles. The van der Waals surface area contributed by atoms with Gasteiger partial charge in [0, 0.05) is 23.0 Å². The molecule has 19 nitrogen and oxygen atoms in total. The first-order valence-corrected chi connectivity index (χ1v) is 22.0. The van der Waals surface area contributed by atoms with Gasteiger partial charge in [0.25, 0.3) is 5.91 Å². The number of phenolic OH excluding ortho intramolecular Hbond substituents is 1. The molecule has 8 N–H and O–H groups in total. The number of carboxylic acid groups (broad SMARTS) is 1. The smallest absolute Gasteiger partial charge is 0.404 e. The fraction of sp³-hybridized carbons (Fsp3) is 0.404. The monoisotopic (exact) mass is 946 g/mol. The summed E-state index contributed by atoms with van der Waals surface area (Å²) in [6, 6.07) is 14.9. The molecular weight excluding hydrogens is 893 g/mol. The molecule has 7 rings (SSSR count). The van der Waals surface area contributed by atoms with Crippen LogP contribution in [-0.2, 0) is 41.4 Å². The van der Waals surface area contributed by atoms with E-state index in [-0.39, 0.29) is 57.2 Å². The summed E-state index contributed by atoms with van der Waals surface area (Å²) < 4.78 is 27.3. The van der Waals surface area contributed by atoms with Crippen LogP contribution >= 0.6 is 11.8 Å². The molecule has 0 bridgehead atoms. The number of rotatable bonds is 12. The number of amides is 4. The van der Waals surface area contributed by atoms with Gasteiger partial charge >= 0.3 is 17.7 Å². The van der Waals surface area contributed by atoms with Crippen LogP contribution in [0.4, 0.5) is 10.5 Å². The van der Waals surface area contributed by atoms with Crippen LogP contribution in [0.15, 0.2) is 81.5 Å². The SMILES string of the molecule is CC1(C)S[C@@H]2[C@H](NC(=O)Cc3ccccc3)C(=O)N2[C@H]1C(=O)O.CO[C@@H]1[C@@H](OC(N)=O)[C@@H](O)[C@H](Oc2ccc3c(O)c(NC(=O)c4ccc(O)c(CC=C(C)C)c4)c(=O)oc3c2C)OC1(C)C. The summed E-state index contributed by atoms with van der Waals surface area (Å²) in [4.78, 5) is 74.7. The average Bonchev–Trinajstić information content (AvgIpc) is 3.51. The highest BCUT2D eigenvalue weighted by atomic mass is 32.2. The average molecular weight is 947 g/mol. The van der Waals surface area contributed by atoms with Crippen molar-refractivity contribution >= 4 is 58.2 Å². The summed E-state index contributed by atoms with van der Waals surface area (Å²) in [7, 11) is 1.37. The molecule has 3 aromatic carbocycles. The maximum absolute atomic E-state index is 13.0. The Bertz CT molecular complexity index is 2660. The lowest BCUT2D eigenvalue weighted by Gasteiger charge is -2.47. The van der Waals surface area contributed by atoms with Crippen LogP contribution in [0.3, 0.4) is 0 Å². The number of aliphatic hydroxyl groups excluding tert-OH is 1. The third-order valence-electron chi connectivity index (χ3n) is 11.5. The topological polar surface area (TPSA) is 287 Å². The molecule has 4 amide bonds. The van der Waals surface area contributed by atoms with Crippen molar-refractivity contribution in [1.29, 1.82) is 0 Å². The molecule has 0 radical (unpaired) electrons. The number of anilines is 1. The molecule has 358 valence electrons. The Morgan fingerprint density at radius 2 is 1.69 bits per heavy atom. The Morgan fingerprint density at radius 3 is 2.31 bits per heavy atom. The Morgan fingerprint density at radius 1 is 1.00 bits per heavy atom. The van der Waals surface area contributed by atoms with Crippen molar-refractivity contribution in [2.24, 2.45) is 5.73 Å². The second-order valence-electron chi connectivity index (χ2n) is 17.5. The van der Waals surface area contributed by atoms with Crippen LogP contribution in [0.5, 0.6) is 17.2 Å². The minimum absolute atomic E-state index is 0.0183. The molecule has 0 spiro atoms. The molecule has 4 heterocycles. The minimum Gasteiger partial charge on any atom is -0.508 e. The predicted molar refractivity (Wildman–Crippen MR) is 245 cm³/mol. The number of benzene rings is 3. The van der Waals surface area contributed by atoms with E-state index >= 15 is 0 Å². The summed E-state index contributed by atoms with van der Waals surface area (Å²) in [5.41, 5.74) is 5.41. The number of thioether (sulfide) groups is 1. The van der Waals surface area contributed by atoms with Gasteiger partial charge in [0.15, 0.2) is 23.6 Å². The Balaban J connectivity index is 0.000000269. The van der Waals surface area contributed by atoms with Crippen molar-refractivity contribution in [3.63, 3.8) is 0 Å². The zero-order valence-electron chi connectivity index (χ0n) is 38.0. The Hall–Kier alpha value is -6.61. The number of aromatic hydroxyl groups is 2. The molecule has 1 aromatic heterocycles. The van der Waals surface area contributed by atoms with E-state index < -0.39 is 82.1 Å². The number of ether oxygens (including phenoxy) is 4. The maximum atomic E-state index is 13.0. The number of primary amides is 1. The van der Waals surface area contributed by atoms with Crippen molar-refractivity contribution in [3.8, 4) is 17.2 Å². The molecule has 20 heteroatoms. The molecule has 7 atom stereocenters. The number of allylic oxidation sites excluding steroid dienone is 2. The number of methoxy groups -OCH3 is 1. The number of aryl methyl sites for hydroxylation is 1. The number of hydrogen-bond acceptors (Lipinski definition) is 15. The summed E-state index contributed by atoms with van der Waals surface area (Å²) >= 11 is 1.42. The van der Waals surface area contributed by atoms with Crippen molar-refractivity contribution in [3.05, 3.63) is 105 Å². The van der Waals surface area contributed by atoms with Gasteiger partial charge in [-0.15, -0.1) is 11.8 Å². The maximum Gasteiger partial charge on any atom is 0.404 e. The van der Waals surface area contributed by atoms with Crippen LogP contribution in [0.1, 0.15) is 68.6 Å².